The minimum atomic E-state index is -1.17. The Balaban J connectivity index is 3.17. The zero-order valence-corrected chi connectivity index (χ0v) is 8.57. The van der Waals surface area contributed by atoms with Crippen LogP contribution in [0.1, 0.15) is 0 Å². The van der Waals surface area contributed by atoms with Crippen LogP contribution in [0, 0.1) is 20.2 Å². The molecule has 0 radical (unpaired) electrons. The number of anilines is 1. The van der Waals surface area contributed by atoms with E-state index in [2.05, 4.69) is 11.9 Å². The molecular weight excluding hydrogens is 230 g/mol. The van der Waals surface area contributed by atoms with Crippen molar-refractivity contribution in [3.05, 3.63) is 51.1 Å². The maximum absolute atomic E-state index is 10.7. The van der Waals surface area contributed by atoms with Gasteiger partial charge in [-0.25, -0.2) is 0 Å². The molecule has 0 aliphatic carbocycles. The number of non-ortho nitro benzene ring substituents is 1. The average Bonchev–Trinajstić information content (AvgIpc) is 2.28. The third kappa shape index (κ3) is 2.98. The summed E-state index contributed by atoms with van der Waals surface area (Å²) in [5.74, 6) is 0. The molecule has 1 aromatic rings. The molecule has 1 aromatic carbocycles. The second-order valence-corrected chi connectivity index (χ2v) is 3.04. The van der Waals surface area contributed by atoms with Gasteiger partial charge in [-0.15, -0.1) is 0 Å². The van der Waals surface area contributed by atoms with Crippen LogP contribution in [0.25, 0.3) is 0 Å². The zero-order chi connectivity index (χ0) is 13.0. The topological polar surface area (TPSA) is 119 Å². The fourth-order valence-electron chi connectivity index (χ4n) is 1.12. The number of aliphatic hydroxyl groups excluding tert-OH is 1. The molecule has 2 N–H and O–H groups in total. The third-order valence-electron chi connectivity index (χ3n) is 1.92. The Hall–Kier alpha value is -2.48. The van der Waals surface area contributed by atoms with Crippen LogP contribution in [0.3, 0.4) is 0 Å². The Morgan fingerprint density at radius 2 is 2.00 bits per heavy atom. The third-order valence-corrected chi connectivity index (χ3v) is 1.92. The maximum atomic E-state index is 10.7. The van der Waals surface area contributed by atoms with Crippen molar-refractivity contribution in [1.29, 1.82) is 0 Å². The number of nitro benzene ring substituents is 2. The number of rotatable bonds is 5. The van der Waals surface area contributed by atoms with Crippen LogP contribution in [0.2, 0.25) is 0 Å². The van der Waals surface area contributed by atoms with Crippen molar-refractivity contribution in [2.24, 2.45) is 0 Å². The molecule has 0 aromatic heterocycles. The van der Waals surface area contributed by atoms with E-state index in [0.717, 1.165) is 24.3 Å². The summed E-state index contributed by atoms with van der Waals surface area (Å²) < 4.78 is 0. The molecule has 1 atom stereocenters. The van der Waals surface area contributed by atoms with Gasteiger partial charge in [-0.3, -0.25) is 20.2 Å². The standard InChI is InChI=1S/C9H9N3O5/c1-2-9(13)10-7-4-3-6(11(14)15)5-8(7)12(16)17/h2-5,9-10,13H,1H2. The Labute approximate surface area is 95.5 Å². The Morgan fingerprint density at radius 3 is 2.47 bits per heavy atom. The Kier molecular flexibility index (Phi) is 3.73. The summed E-state index contributed by atoms with van der Waals surface area (Å²) in [7, 11) is 0. The lowest BCUT2D eigenvalue weighted by Gasteiger charge is -2.09. The Morgan fingerprint density at radius 1 is 1.35 bits per heavy atom. The second kappa shape index (κ2) is 5.03. The van der Waals surface area contributed by atoms with E-state index in [1.54, 1.807) is 0 Å². The summed E-state index contributed by atoms with van der Waals surface area (Å²) in [6, 6.07) is 3.08. The van der Waals surface area contributed by atoms with Gasteiger partial charge in [0.1, 0.15) is 11.9 Å². The van der Waals surface area contributed by atoms with Gasteiger partial charge < -0.3 is 10.4 Å². The first-order valence-corrected chi connectivity index (χ1v) is 4.45. The molecule has 1 rings (SSSR count). The fraction of sp³-hybridized carbons (Fsp3) is 0.111. The number of benzene rings is 1. The summed E-state index contributed by atoms with van der Waals surface area (Å²) >= 11 is 0. The molecule has 0 heterocycles. The maximum Gasteiger partial charge on any atom is 0.299 e. The molecule has 0 spiro atoms. The molecular formula is C9H9N3O5. The van der Waals surface area contributed by atoms with Gasteiger partial charge in [-0.1, -0.05) is 6.58 Å². The van der Waals surface area contributed by atoms with E-state index in [1.165, 1.54) is 0 Å². The van der Waals surface area contributed by atoms with Gasteiger partial charge in [0.15, 0.2) is 0 Å². The van der Waals surface area contributed by atoms with E-state index in [1.807, 2.05) is 0 Å². The largest absolute Gasteiger partial charge is 0.370 e. The van der Waals surface area contributed by atoms with E-state index in [0.29, 0.717) is 0 Å². The van der Waals surface area contributed by atoms with E-state index in [-0.39, 0.29) is 5.69 Å². The number of hydrogen-bond acceptors (Lipinski definition) is 6. The van der Waals surface area contributed by atoms with E-state index < -0.39 is 27.4 Å². The molecule has 0 aliphatic rings. The first kappa shape index (κ1) is 12.6. The van der Waals surface area contributed by atoms with Gasteiger partial charge in [0.05, 0.1) is 15.9 Å². The fourth-order valence-corrected chi connectivity index (χ4v) is 1.12. The first-order valence-electron chi connectivity index (χ1n) is 4.45. The van der Waals surface area contributed by atoms with Crippen LogP contribution in [0.15, 0.2) is 30.9 Å². The number of nitrogens with one attached hydrogen (secondary N) is 1. The monoisotopic (exact) mass is 239 g/mol. The lowest BCUT2D eigenvalue weighted by Crippen LogP contribution is -2.15. The van der Waals surface area contributed by atoms with Gasteiger partial charge in [0.25, 0.3) is 11.4 Å². The second-order valence-electron chi connectivity index (χ2n) is 3.04. The predicted molar refractivity (Wildman–Crippen MR) is 59.6 cm³/mol. The van der Waals surface area contributed by atoms with Gasteiger partial charge >= 0.3 is 0 Å². The van der Waals surface area contributed by atoms with Crippen molar-refractivity contribution in [3.8, 4) is 0 Å². The van der Waals surface area contributed by atoms with Crippen molar-refractivity contribution in [1.82, 2.24) is 0 Å². The highest BCUT2D eigenvalue weighted by molar-refractivity contribution is 5.65. The van der Waals surface area contributed by atoms with Crippen LogP contribution in [0.5, 0.6) is 0 Å². The number of hydrogen-bond donors (Lipinski definition) is 2. The Bertz CT molecular complexity index is 474. The van der Waals surface area contributed by atoms with E-state index in [4.69, 9.17) is 0 Å². The highest BCUT2D eigenvalue weighted by Gasteiger charge is 2.20. The average molecular weight is 239 g/mol. The van der Waals surface area contributed by atoms with Gasteiger partial charge in [0, 0.05) is 6.07 Å². The van der Waals surface area contributed by atoms with E-state index >= 15 is 0 Å². The van der Waals surface area contributed by atoms with Crippen molar-refractivity contribution in [2.45, 2.75) is 6.23 Å². The van der Waals surface area contributed by atoms with Gasteiger partial charge in [-0.2, -0.15) is 0 Å². The molecule has 1 unspecified atom stereocenters. The molecule has 0 saturated heterocycles. The highest BCUT2D eigenvalue weighted by Crippen LogP contribution is 2.29. The van der Waals surface area contributed by atoms with Crippen molar-refractivity contribution < 1.29 is 15.0 Å². The quantitative estimate of drug-likeness (QED) is 0.347. The number of nitrogens with zero attached hydrogens (tertiary/aromatic N) is 2. The summed E-state index contributed by atoms with van der Waals surface area (Å²) in [5, 5.41) is 32.8. The lowest BCUT2D eigenvalue weighted by molar-refractivity contribution is -0.393. The smallest absolute Gasteiger partial charge is 0.299 e. The van der Waals surface area contributed by atoms with Crippen LogP contribution >= 0.6 is 0 Å². The first-order chi connectivity index (χ1) is 7.95. The highest BCUT2D eigenvalue weighted by atomic mass is 16.6. The van der Waals surface area contributed by atoms with Crippen molar-refractivity contribution >= 4 is 17.1 Å². The van der Waals surface area contributed by atoms with Crippen LogP contribution in [0.4, 0.5) is 17.1 Å². The molecule has 17 heavy (non-hydrogen) atoms. The lowest BCUT2D eigenvalue weighted by atomic mass is 10.2. The molecule has 8 heteroatoms. The molecule has 0 aliphatic heterocycles. The SMILES string of the molecule is C=CC(O)Nc1ccc([N+](=O)[O-])cc1[N+](=O)[O-]. The minimum absolute atomic E-state index is 0.0204. The van der Waals surface area contributed by atoms with Crippen LogP contribution in [-0.4, -0.2) is 21.2 Å². The molecule has 0 bridgehead atoms. The number of aliphatic hydroxyl groups is 1. The van der Waals surface area contributed by atoms with E-state index in [9.17, 15) is 25.3 Å². The molecule has 0 fully saturated rings. The zero-order valence-electron chi connectivity index (χ0n) is 8.57. The van der Waals surface area contributed by atoms with Crippen molar-refractivity contribution in [2.75, 3.05) is 5.32 Å². The normalized spacial score (nSPS) is 11.6. The van der Waals surface area contributed by atoms with Crippen molar-refractivity contribution in [3.63, 3.8) is 0 Å². The molecule has 0 saturated carbocycles. The van der Waals surface area contributed by atoms with Crippen LogP contribution < -0.4 is 5.32 Å². The molecule has 0 amide bonds. The van der Waals surface area contributed by atoms with Gasteiger partial charge in [0.2, 0.25) is 0 Å². The number of nitro groups is 2. The summed E-state index contributed by atoms with van der Waals surface area (Å²) in [5.41, 5.74) is -0.900. The predicted octanol–water partition coefficient (Wildman–Crippen LogP) is 1.42. The van der Waals surface area contributed by atoms with Crippen LogP contribution in [-0.2, 0) is 0 Å². The van der Waals surface area contributed by atoms with Gasteiger partial charge in [-0.05, 0) is 12.1 Å². The minimum Gasteiger partial charge on any atom is -0.370 e. The summed E-state index contributed by atoms with van der Waals surface area (Å²) in [4.78, 5) is 19.7. The summed E-state index contributed by atoms with van der Waals surface area (Å²) in [6.45, 7) is 3.29. The molecule has 8 nitrogen and oxygen atoms in total. The molecule has 90 valence electrons. The summed E-state index contributed by atoms with van der Waals surface area (Å²) in [6.07, 6.45) is -0.0411.